The van der Waals surface area contributed by atoms with Gasteiger partial charge in [0.1, 0.15) is 0 Å². The molecule has 1 fully saturated rings. The maximum Gasteiger partial charge on any atom is 0.337 e. The zero-order valence-electron chi connectivity index (χ0n) is 14.6. The molecule has 0 spiro atoms. The van der Waals surface area contributed by atoms with Gasteiger partial charge in [-0.15, -0.1) is 0 Å². The number of ether oxygens (including phenoxy) is 1. The summed E-state index contributed by atoms with van der Waals surface area (Å²) in [6.45, 7) is 2.37. The van der Waals surface area contributed by atoms with Gasteiger partial charge in [0.2, 0.25) is 0 Å². The smallest absolute Gasteiger partial charge is 0.337 e. The topological polar surface area (TPSA) is 26.3 Å². The van der Waals surface area contributed by atoms with Crippen LogP contribution >= 0.6 is 0 Å². The number of hydrogen-bond acceptors (Lipinski definition) is 2. The van der Waals surface area contributed by atoms with Crippen LogP contribution in [0.2, 0.25) is 0 Å². The molecule has 2 aromatic rings. The molecule has 1 unspecified atom stereocenters. The summed E-state index contributed by atoms with van der Waals surface area (Å²) < 4.78 is 4.75. The lowest BCUT2D eigenvalue weighted by Crippen LogP contribution is -2.08. The molecular formula is C22H26O2. The van der Waals surface area contributed by atoms with E-state index in [1.54, 1.807) is 0 Å². The van der Waals surface area contributed by atoms with Crippen LogP contribution in [0.25, 0.3) is 0 Å². The highest BCUT2D eigenvalue weighted by Crippen LogP contribution is 2.41. The van der Waals surface area contributed by atoms with Crippen LogP contribution in [0.5, 0.6) is 0 Å². The predicted octanol–water partition coefficient (Wildman–Crippen LogP) is 5.24. The van der Waals surface area contributed by atoms with Crippen LogP contribution < -0.4 is 0 Å². The molecule has 0 saturated heterocycles. The number of benzene rings is 2. The Labute approximate surface area is 144 Å². The Morgan fingerprint density at radius 1 is 1.08 bits per heavy atom. The van der Waals surface area contributed by atoms with Gasteiger partial charge in [-0.2, -0.15) is 0 Å². The van der Waals surface area contributed by atoms with Crippen LogP contribution in [0, 0.1) is 11.8 Å². The Morgan fingerprint density at radius 3 is 2.46 bits per heavy atom. The molecule has 0 bridgehead atoms. The van der Waals surface area contributed by atoms with Crippen molar-refractivity contribution in [3.63, 3.8) is 0 Å². The van der Waals surface area contributed by atoms with Crippen LogP contribution in [-0.2, 0) is 11.2 Å². The SMILES string of the molecule is COC(=O)c1ccc(CC2CC[C@H]([C@H](C)c3ccccc3)C2)cc1. The molecule has 0 aliphatic heterocycles. The van der Waals surface area contributed by atoms with Crippen molar-refractivity contribution in [1.29, 1.82) is 0 Å². The first kappa shape index (κ1) is 16.8. The van der Waals surface area contributed by atoms with E-state index in [0.717, 1.165) is 18.3 Å². The molecule has 3 atom stereocenters. The van der Waals surface area contributed by atoms with E-state index in [1.807, 2.05) is 12.1 Å². The zero-order valence-corrected chi connectivity index (χ0v) is 14.6. The lowest BCUT2D eigenvalue weighted by Gasteiger charge is -2.20. The molecular weight excluding hydrogens is 296 g/mol. The Morgan fingerprint density at radius 2 is 1.79 bits per heavy atom. The van der Waals surface area contributed by atoms with Crippen LogP contribution in [0.4, 0.5) is 0 Å². The Hall–Kier alpha value is -2.09. The van der Waals surface area contributed by atoms with Crippen molar-refractivity contribution >= 4 is 5.97 Å². The highest BCUT2D eigenvalue weighted by atomic mass is 16.5. The molecule has 2 nitrogen and oxygen atoms in total. The molecule has 1 saturated carbocycles. The van der Waals surface area contributed by atoms with Crippen LogP contribution in [0.15, 0.2) is 54.6 Å². The standard InChI is InChI=1S/C22H26O2/c1-16(19-6-4-3-5-7-19)21-13-10-18(15-21)14-17-8-11-20(12-9-17)22(23)24-2/h3-9,11-12,16,18,21H,10,13-15H2,1-2H3/t16-,18?,21+/m1/s1. The summed E-state index contributed by atoms with van der Waals surface area (Å²) in [6.07, 6.45) is 5.04. The van der Waals surface area contributed by atoms with Gasteiger partial charge < -0.3 is 4.74 Å². The van der Waals surface area contributed by atoms with Crippen LogP contribution in [-0.4, -0.2) is 13.1 Å². The third-order valence-electron chi connectivity index (χ3n) is 5.51. The second-order valence-electron chi connectivity index (χ2n) is 7.03. The van der Waals surface area contributed by atoms with Gasteiger partial charge in [-0.25, -0.2) is 4.79 Å². The third-order valence-corrected chi connectivity index (χ3v) is 5.51. The molecule has 3 rings (SSSR count). The van der Waals surface area contributed by atoms with E-state index in [0.29, 0.717) is 11.5 Å². The van der Waals surface area contributed by atoms with Crippen LogP contribution in [0.3, 0.4) is 0 Å². The minimum Gasteiger partial charge on any atom is -0.465 e. The zero-order chi connectivity index (χ0) is 16.9. The van der Waals surface area contributed by atoms with E-state index in [4.69, 9.17) is 4.74 Å². The minimum atomic E-state index is -0.265. The largest absolute Gasteiger partial charge is 0.465 e. The summed E-state index contributed by atoms with van der Waals surface area (Å²) in [5, 5.41) is 0. The predicted molar refractivity (Wildman–Crippen MR) is 97.2 cm³/mol. The highest BCUT2D eigenvalue weighted by Gasteiger charge is 2.29. The molecule has 0 heterocycles. The maximum absolute atomic E-state index is 11.5. The first-order valence-corrected chi connectivity index (χ1v) is 8.89. The van der Waals surface area contributed by atoms with Gasteiger partial charge in [-0.1, -0.05) is 49.4 Å². The lowest BCUT2D eigenvalue weighted by molar-refractivity contribution is 0.0600. The van der Waals surface area contributed by atoms with Crippen molar-refractivity contribution in [3.8, 4) is 0 Å². The van der Waals surface area contributed by atoms with Crippen molar-refractivity contribution in [3.05, 3.63) is 71.3 Å². The van der Waals surface area contributed by atoms with Crippen molar-refractivity contribution < 1.29 is 9.53 Å². The number of carbonyl (C=O) groups is 1. The molecule has 126 valence electrons. The Kier molecular flexibility index (Phi) is 5.34. The van der Waals surface area contributed by atoms with Crippen molar-refractivity contribution in [2.75, 3.05) is 7.11 Å². The molecule has 24 heavy (non-hydrogen) atoms. The van der Waals surface area contributed by atoms with Gasteiger partial charge >= 0.3 is 5.97 Å². The quantitative estimate of drug-likeness (QED) is 0.704. The first-order valence-electron chi connectivity index (χ1n) is 8.89. The molecule has 0 radical (unpaired) electrons. The van der Waals surface area contributed by atoms with Gasteiger partial charge in [0.25, 0.3) is 0 Å². The molecule has 1 aliphatic carbocycles. The first-order chi connectivity index (χ1) is 11.7. The fourth-order valence-corrected chi connectivity index (χ4v) is 4.01. The van der Waals surface area contributed by atoms with E-state index >= 15 is 0 Å². The summed E-state index contributed by atoms with van der Waals surface area (Å²) in [4.78, 5) is 11.5. The molecule has 0 N–H and O–H groups in total. The van der Waals surface area contributed by atoms with E-state index in [1.165, 1.54) is 37.5 Å². The summed E-state index contributed by atoms with van der Waals surface area (Å²) in [6, 6.07) is 18.8. The highest BCUT2D eigenvalue weighted by molar-refractivity contribution is 5.89. The number of carbonyl (C=O) groups excluding carboxylic acids is 1. The maximum atomic E-state index is 11.5. The van der Waals surface area contributed by atoms with E-state index in [-0.39, 0.29) is 5.97 Å². The normalized spacial score (nSPS) is 21.4. The number of methoxy groups -OCH3 is 1. The third kappa shape index (κ3) is 3.87. The number of esters is 1. The summed E-state index contributed by atoms with van der Waals surface area (Å²) in [5.74, 6) is 1.91. The van der Waals surface area contributed by atoms with Crippen molar-refractivity contribution in [2.45, 2.75) is 38.5 Å². The molecule has 2 heteroatoms. The average molecular weight is 322 g/mol. The molecule has 2 aromatic carbocycles. The van der Waals surface area contributed by atoms with Gasteiger partial charge in [-0.3, -0.25) is 0 Å². The van der Waals surface area contributed by atoms with Crippen LogP contribution in [0.1, 0.15) is 53.6 Å². The number of rotatable bonds is 5. The van der Waals surface area contributed by atoms with Gasteiger partial charge in [-0.05, 0) is 66.7 Å². The van der Waals surface area contributed by atoms with Gasteiger partial charge in [0.15, 0.2) is 0 Å². The fraction of sp³-hybridized carbons (Fsp3) is 0.409. The molecule has 0 amide bonds. The second kappa shape index (κ2) is 7.65. The molecule has 0 aromatic heterocycles. The lowest BCUT2D eigenvalue weighted by atomic mass is 9.85. The summed E-state index contributed by atoms with van der Waals surface area (Å²) in [5.41, 5.74) is 3.41. The van der Waals surface area contributed by atoms with Gasteiger partial charge in [0, 0.05) is 0 Å². The monoisotopic (exact) mass is 322 g/mol. The fourth-order valence-electron chi connectivity index (χ4n) is 4.01. The Balaban J connectivity index is 1.57. The number of hydrogen-bond donors (Lipinski definition) is 0. The van der Waals surface area contributed by atoms with Crippen molar-refractivity contribution in [2.24, 2.45) is 11.8 Å². The Bertz CT molecular complexity index is 660. The minimum absolute atomic E-state index is 0.265. The average Bonchev–Trinajstić information content (AvgIpc) is 3.10. The van der Waals surface area contributed by atoms with E-state index in [2.05, 4.69) is 49.4 Å². The summed E-state index contributed by atoms with van der Waals surface area (Å²) in [7, 11) is 1.42. The molecule has 1 aliphatic rings. The van der Waals surface area contributed by atoms with Gasteiger partial charge in [0.05, 0.1) is 12.7 Å². The van der Waals surface area contributed by atoms with E-state index < -0.39 is 0 Å². The van der Waals surface area contributed by atoms with Crippen molar-refractivity contribution in [1.82, 2.24) is 0 Å². The summed E-state index contributed by atoms with van der Waals surface area (Å²) >= 11 is 0. The second-order valence-corrected chi connectivity index (χ2v) is 7.03. The van der Waals surface area contributed by atoms with E-state index in [9.17, 15) is 4.79 Å².